The maximum absolute atomic E-state index is 11.5. The molecule has 1 aromatic heterocycles. The van der Waals surface area contributed by atoms with E-state index in [2.05, 4.69) is 4.98 Å². The SMILES string of the molecule is CCOc1nc2cc(N)ccc2c(=O)o1.Cl. The number of aromatic nitrogens is 1. The van der Waals surface area contributed by atoms with E-state index in [4.69, 9.17) is 14.9 Å². The van der Waals surface area contributed by atoms with Gasteiger partial charge in [0.1, 0.15) is 0 Å². The molecule has 0 fully saturated rings. The summed E-state index contributed by atoms with van der Waals surface area (Å²) in [7, 11) is 0. The Balaban J connectivity index is 0.00000128. The number of anilines is 1. The highest BCUT2D eigenvalue weighted by Gasteiger charge is 2.06. The summed E-state index contributed by atoms with van der Waals surface area (Å²) in [6.45, 7) is 2.18. The van der Waals surface area contributed by atoms with Crippen LogP contribution in [0.1, 0.15) is 6.92 Å². The first-order chi connectivity index (χ1) is 7.20. The molecule has 0 spiro atoms. The Morgan fingerprint density at radius 2 is 2.25 bits per heavy atom. The van der Waals surface area contributed by atoms with E-state index in [1.807, 2.05) is 0 Å². The number of fused-ring (bicyclic) bond motifs is 1. The second-order valence-electron chi connectivity index (χ2n) is 2.98. The van der Waals surface area contributed by atoms with Gasteiger partial charge in [0.05, 0.1) is 17.5 Å². The molecular formula is C10H11ClN2O3. The molecule has 2 aromatic rings. The molecule has 0 radical (unpaired) electrons. The number of benzene rings is 1. The predicted molar refractivity (Wildman–Crippen MR) is 63.1 cm³/mol. The summed E-state index contributed by atoms with van der Waals surface area (Å²) < 4.78 is 9.86. The van der Waals surface area contributed by atoms with Gasteiger partial charge < -0.3 is 14.9 Å². The van der Waals surface area contributed by atoms with Crippen molar-refractivity contribution in [1.82, 2.24) is 4.98 Å². The second-order valence-corrected chi connectivity index (χ2v) is 2.98. The fourth-order valence-corrected chi connectivity index (χ4v) is 1.25. The van der Waals surface area contributed by atoms with Crippen molar-refractivity contribution in [3.05, 3.63) is 28.6 Å². The maximum Gasteiger partial charge on any atom is 0.397 e. The van der Waals surface area contributed by atoms with E-state index in [1.165, 1.54) is 0 Å². The van der Waals surface area contributed by atoms with Gasteiger partial charge in [-0.25, -0.2) is 4.79 Å². The van der Waals surface area contributed by atoms with Crippen LogP contribution in [0.2, 0.25) is 0 Å². The van der Waals surface area contributed by atoms with Crippen molar-refractivity contribution >= 4 is 29.0 Å². The Morgan fingerprint density at radius 1 is 1.50 bits per heavy atom. The van der Waals surface area contributed by atoms with Crippen molar-refractivity contribution in [2.45, 2.75) is 6.92 Å². The van der Waals surface area contributed by atoms with Crippen LogP contribution in [0.4, 0.5) is 5.69 Å². The summed E-state index contributed by atoms with van der Waals surface area (Å²) in [5, 5.41) is 0.396. The number of hydrogen-bond acceptors (Lipinski definition) is 5. The lowest BCUT2D eigenvalue weighted by Gasteiger charge is -2.01. The monoisotopic (exact) mass is 242 g/mol. The minimum atomic E-state index is -0.469. The smallest absolute Gasteiger partial charge is 0.397 e. The van der Waals surface area contributed by atoms with Crippen LogP contribution in [-0.2, 0) is 0 Å². The first-order valence-corrected chi connectivity index (χ1v) is 4.54. The summed E-state index contributed by atoms with van der Waals surface area (Å²) in [6, 6.07) is 4.81. The maximum atomic E-state index is 11.5. The van der Waals surface area contributed by atoms with Crippen LogP contribution in [0, 0.1) is 0 Å². The number of halogens is 1. The van der Waals surface area contributed by atoms with Crippen molar-refractivity contribution in [3.63, 3.8) is 0 Å². The first-order valence-electron chi connectivity index (χ1n) is 4.54. The molecule has 0 atom stereocenters. The Bertz CT molecular complexity index is 553. The highest BCUT2D eigenvalue weighted by molar-refractivity contribution is 5.85. The second kappa shape index (κ2) is 4.85. The molecule has 0 aliphatic heterocycles. The van der Waals surface area contributed by atoms with Gasteiger partial charge in [-0.05, 0) is 25.1 Å². The highest BCUT2D eigenvalue weighted by atomic mass is 35.5. The number of nitrogens with zero attached hydrogens (tertiary/aromatic N) is 1. The fourth-order valence-electron chi connectivity index (χ4n) is 1.25. The third-order valence-electron chi connectivity index (χ3n) is 1.90. The minimum Gasteiger partial charge on any atom is -0.450 e. The van der Waals surface area contributed by atoms with Gasteiger partial charge in [-0.3, -0.25) is 0 Å². The van der Waals surface area contributed by atoms with E-state index in [-0.39, 0.29) is 18.5 Å². The number of hydrogen-bond donors (Lipinski definition) is 1. The standard InChI is InChI=1S/C10H10N2O3.ClH/c1-2-14-10-12-8-5-6(11)3-4-7(8)9(13)15-10;/h3-5H,2,11H2,1H3;1H. The molecule has 0 amide bonds. The van der Waals surface area contributed by atoms with Gasteiger partial charge in [0, 0.05) is 5.69 Å². The van der Waals surface area contributed by atoms with Crippen LogP contribution in [0.3, 0.4) is 0 Å². The summed E-state index contributed by atoms with van der Waals surface area (Å²) in [5.41, 5.74) is 6.14. The zero-order valence-corrected chi connectivity index (χ0v) is 9.41. The molecule has 0 bridgehead atoms. The Morgan fingerprint density at radius 3 is 2.94 bits per heavy atom. The summed E-state index contributed by atoms with van der Waals surface area (Å²) >= 11 is 0. The molecule has 0 aliphatic rings. The lowest BCUT2D eigenvalue weighted by Crippen LogP contribution is -2.05. The van der Waals surface area contributed by atoms with E-state index < -0.39 is 5.63 Å². The summed E-state index contributed by atoms with van der Waals surface area (Å²) in [5.74, 6) is 0. The van der Waals surface area contributed by atoms with E-state index in [0.717, 1.165) is 0 Å². The van der Waals surface area contributed by atoms with E-state index in [9.17, 15) is 4.79 Å². The van der Waals surface area contributed by atoms with Gasteiger partial charge in [0.15, 0.2) is 0 Å². The number of nitrogen functional groups attached to an aromatic ring is 1. The molecule has 16 heavy (non-hydrogen) atoms. The van der Waals surface area contributed by atoms with Gasteiger partial charge in [-0.1, -0.05) is 0 Å². The van der Waals surface area contributed by atoms with Crippen LogP contribution in [0.5, 0.6) is 6.08 Å². The zero-order valence-electron chi connectivity index (χ0n) is 8.60. The van der Waals surface area contributed by atoms with E-state index in [0.29, 0.717) is 23.2 Å². The average Bonchev–Trinajstić information content (AvgIpc) is 2.17. The fraction of sp³-hybridized carbons (Fsp3) is 0.200. The molecule has 5 nitrogen and oxygen atoms in total. The van der Waals surface area contributed by atoms with Crippen molar-refractivity contribution in [3.8, 4) is 6.08 Å². The molecule has 1 heterocycles. The van der Waals surface area contributed by atoms with Crippen LogP contribution in [0.25, 0.3) is 10.9 Å². The normalized spacial score (nSPS) is 9.81. The topological polar surface area (TPSA) is 78.4 Å². The van der Waals surface area contributed by atoms with Gasteiger partial charge >= 0.3 is 11.7 Å². The quantitative estimate of drug-likeness (QED) is 0.809. The molecular weight excluding hydrogens is 232 g/mol. The van der Waals surface area contributed by atoms with Gasteiger partial charge in [-0.15, -0.1) is 12.4 Å². The molecule has 0 saturated heterocycles. The molecule has 86 valence electrons. The average molecular weight is 243 g/mol. The van der Waals surface area contributed by atoms with Gasteiger partial charge in [0.25, 0.3) is 0 Å². The van der Waals surface area contributed by atoms with E-state index >= 15 is 0 Å². The lowest BCUT2D eigenvalue weighted by molar-refractivity contribution is 0.229. The number of nitrogens with two attached hydrogens (primary N) is 1. The number of rotatable bonds is 2. The first kappa shape index (κ1) is 12.3. The van der Waals surface area contributed by atoms with Gasteiger partial charge in [-0.2, -0.15) is 4.98 Å². The van der Waals surface area contributed by atoms with Crippen molar-refractivity contribution in [2.24, 2.45) is 0 Å². The predicted octanol–water partition coefficient (Wildman–Crippen LogP) is 1.59. The molecule has 0 saturated carbocycles. The van der Waals surface area contributed by atoms with Crippen molar-refractivity contribution in [2.75, 3.05) is 12.3 Å². The van der Waals surface area contributed by atoms with Gasteiger partial charge in [0.2, 0.25) is 0 Å². The minimum absolute atomic E-state index is 0. The third kappa shape index (κ3) is 2.25. The Hall–Kier alpha value is -1.75. The summed E-state index contributed by atoms with van der Waals surface area (Å²) in [6.07, 6.45) is -0.0272. The Kier molecular flexibility index (Phi) is 3.73. The van der Waals surface area contributed by atoms with E-state index in [1.54, 1.807) is 25.1 Å². The van der Waals surface area contributed by atoms with Crippen LogP contribution < -0.4 is 16.1 Å². The van der Waals surface area contributed by atoms with Crippen molar-refractivity contribution in [1.29, 1.82) is 0 Å². The number of ether oxygens (including phenoxy) is 1. The lowest BCUT2D eigenvalue weighted by atomic mass is 10.2. The molecule has 0 unspecified atom stereocenters. The largest absolute Gasteiger partial charge is 0.450 e. The zero-order chi connectivity index (χ0) is 10.8. The summed E-state index contributed by atoms with van der Waals surface area (Å²) in [4.78, 5) is 15.5. The Labute approximate surface area is 97.6 Å². The highest BCUT2D eigenvalue weighted by Crippen LogP contribution is 2.15. The van der Waals surface area contributed by atoms with Crippen LogP contribution in [-0.4, -0.2) is 11.6 Å². The molecule has 6 heteroatoms. The van der Waals surface area contributed by atoms with Crippen LogP contribution >= 0.6 is 12.4 Å². The molecule has 0 aliphatic carbocycles. The molecule has 2 rings (SSSR count). The molecule has 2 N–H and O–H groups in total. The van der Waals surface area contributed by atoms with Crippen LogP contribution in [0.15, 0.2) is 27.4 Å². The third-order valence-corrected chi connectivity index (χ3v) is 1.90. The molecule has 1 aromatic carbocycles. The van der Waals surface area contributed by atoms with Crippen molar-refractivity contribution < 1.29 is 9.15 Å².